The molecule has 0 saturated heterocycles. The zero-order chi connectivity index (χ0) is 13.4. The first-order valence-corrected chi connectivity index (χ1v) is 5.82. The van der Waals surface area contributed by atoms with Crippen LogP contribution in [0.1, 0.15) is 30.1 Å². The lowest BCUT2D eigenvalue weighted by molar-refractivity contribution is -0.120. The topological polar surface area (TPSA) is 91.3 Å². The number of nitrogens with zero attached hydrogens (tertiary/aromatic N) is 1. The summed E-state index contributed by atoms with van der Waals surface area (Å²) in [6.45, 7) is 2.87. The normalized spacial score (nSPS) is 9.83. The lowest BCUT2D eigenvalue weighted by Crippen LogP contribution is -2.31. The van der Waals surface area contributed by atoms with Gasteiger partial charge in [-0.3, -0.25) is 14.6 Å². The fourth-order valence-corrected chi connectivity index (χ4v) is 1.30. The number of aromatic nitrogens is 1. The Labute approximate surface area is 105 Å². The molecular formula is C12H17N3O3. The molecule has 0 saturated carbocycles. The van der Waals surface area contributed by atoms with E-state index in [4.69, 9.17) is 5.11 Å². The average molecular weight is 251 g/mol. The molecule has 6 nitrogen and oxygen atoms in total. The third-order valence-corrected chi connectivity index (χ3v) is 2.20. The zero-order valence-electron chi connectivity index (χ0n) is 10.3. The molecule has 0 aliphatic carbocycles. The van der Waals surface area contributed by atoms with Gasteiger partial charge in [0.15, 0.2) is 0 Å². The predicted molar refractivity (Wildman–Crippen MR) is 66.2 cm³/mol. The van der Waals surface area contributed by atoms with E-state index in [1.807, 2.05) is 6.92 Å². The summed E-state index contributed by atoms with van der Waals surface area (Å²) in [5, 5.41) is 14.5. The third-order valence-electron chi connectivity index (χ3n) is 2.20. The number of amides is 2. The summed E-state index contributed by atoms with van der Waals surface area (Å²) in [5.74, 6) is -0.517. The van der Waals surface area contributed by atoms with E-state index >= 15 is 0 Å². The van der Waals surface area contributed by atoms with Crippen LogP contribution in [0.2, 0.25) is 0 Å². The molecule has 0 atom stereocenters. The molecule has 1 aromatic heterocycles. The summed E-state index contributed by atoms with van der Waals surface area (Å²) < 4.78 is 0. The summed E-state index contributed by atoms with van der Waals surface area (Å²) in [6, 6.07) is 1.32. The molecular weight excluding hydrogens is 234 g/mol. The van der Waals surface area contributed by atoms with Crippen molar-refractivity contribution in [1.82, 2.24) is 15.6 Å². The third kappa shape index (κ3) is 4.82. The van der Waals surface area contributed by atoms with E-state index in [0.29, 0.717) is 6.54 Å². The molecule has 0 aliphatic heterocycles. The minimum Gasteiger partial charge on any atom is -0.506 e. The lowest BCUT2D eigenvalue weighted by Gasteiger charge is -2.05. The Morgan fingerprint density at radius 2 is 2.06 bits per heavy atom. The molecule has 0 radical (unpaired) electrons. The summed E-state index contributed by atoms with van der Waals surface area (Å²) in [6.07, 6.45) is 3.71. The molecule has 3 N–H and O–H groups in total. The van der Waals surface area contributed by atoms with E-state index < -0.39 is 0 Å². The second-order valence-electron chi connectivity index (χ2n) is 3.79. The van der Waals surface area contributed by atoms with Gasteiger partial charge in [-0.15, -0.1) is 0 Å². The molecule has 0 unspecified atom stereocenters. The second kappa shape index (κ2) is 7.26. The van der Waals surface area contributed by atoms with Crippen molar-refractivity contribution in [2.24, 2.45) is 0 Å². The number of rotatable bonds is 6. The molecule has 0 bridgehead atoms. The zero-order valence-corrected chi connectivity index (χ0v) is 10.3. The van der Waals surface area contributed by atoms with E-state index in [0.717, 1.165) is 6.42 Å². The number of hydrogen-bond donors (Lipinski definition) is 3. The standard InChI is InChI=1S/C12H17N3O3/c1-2-4-14-11(17)3-5-15-12(18)9-6-10(16)8-13-7-9/h6-8,16H,2-5H2,1H3,(H,14,17)(H,15,18). The lowest BCUT2D eigenvalue weighted by atomic mass is 10.2. The van der Waals surface area contributed by atoms with Crippen molar-refractivity contribution in [1.29, 1.82) is 0 Å². The van der Waals surface area contributed by atoms with Crippen LogP contribution in [0.3, 0.4) is 0 Å². The maximum Gasteiger partial charge on any atom is 0.252 e. The Morgan fingerprint density at radius 3 is 2.72 bits per heavy atom. The van der Waals surface area contributed by atoms with Crippen LogP contribution in [0, 0.1) is 0 Å². The highest BCUT2D eigenvalue weighted by molar-refractivity contribution is 5.94. The van der Waals surface area contributed by atoms with Gasteiger partial charge in [0.2, 0.25) is 5.91 Å². The Morgan fingerprint density at radius 1 is 1.28 bits per heavy atom. The minimum absolute atomic E-state index is 0.0664. The van der Waals surface area contributed by atoms with Gasteiger partial charge in [-0.1, -0.05) is 6.92 Å². The van der Waals surface area contributed by atoms with Gasteiger partial charge in [0.25, 0.3) is 5.91 Å². The van der Waals surface area contributed by atoms with Crippen LogP contribution in [0.5, 0.6) is 5.75 Å². The van der Waals surface area contributed by atoms with Gasteiger partial charge in [-0.05, 0) is 12.5 Å². The second-order valence-corrected chi connectivity index (χ2v) is 3.79. The molecule has 98 valence electrons. The van der Waals surface area contributed by atoms with Gasteiger partial charge in [-0.25, -0.2) is 0 Å². The molecule has 1 heterocycles. The first-order valence-electron chi connectivity index (χ1n) is 5.82. The fraction of sp³-hybridized carbons (Fsp3) is 0.417. The molecule has 0 fully saturated rings. The van der Waals surface area contributed by atoms with Gasteiger partial charge in [0.1, 0.15) is 5.75 Å². The highest BCUT2D eigenvalue weighted by atomic mass is 16.3. The van der Waals surface area contributed by atoms with Crippen molar-refractivity contribution in [3.8, 4) is 5.75 Å². The summed E-state index contributed by atoms with van der Waals surface area (Å²) in [7, 11) is 0. The molecule has 6 heteroatoms. The summed E-state index contributed by atoms with van der Waals surface area (Å²) >= 11 is 0. The quantitative estimate of drug-likeness (QED) is 0.684. The predicted octanol–water partition coefficient (Wildman–Crippen LogP) is 0.433. The van der Waals surface area contributed by atoms with Crippen molar-refractivity contribution in [2.45, 2.75) is 19.8 Å². The van der Waals surface area contributed by atoms with Gasteiger partial charge < -0.3 is 15.7 Å². The van der Waals surface area contributed by atoms with E-state index in [1.165, 1.54) is 18.5 Å². The fourth-order valence-electron chi connectivity index (χ4n) is 1.30. The largest absolute Gasteiger partial charge is 0.506 e. The van der Waals surface area contributed by atoms with Crippen LogP contribution in [0.25, 0.3) is 0 Å². The van der Waals surface area contributed by atoms with Gasteiger partial charge in [0.05, 0.1) is 11.8 Å². The summed E-state index contributed by atoms with van der Waals surface area (Å²) in [4.78, 5) is 26.6. The molecule has 18 heavy (non-hydrogen) atoms. The highest BCUT2D eigenvalue weighted by Crippen LogP contribution is 2.07. The smallest absolute Gasteiger partial charge is 0.252 e. The van der Waals surface area contributed by atoms with Crippen LogP contribution in [0.15, 0.2) is 18.5 Å². The molecule has 2 amide bonds. The van der Waals surface area contributed by atoms with Crippen LogP contribution in [-0.4, -0.2) is 35.0 Å². The number of pyridine rings is 1. The first-order chi connectivity index (χ1) is 8.63. The van der Waals surface area contributed by atoms with Gasteiger partial charge >= 0.3 is 0 Å². The van der Waals surface area contributed by atoms with E-state index in [-0.39, 0.29) is 36.1 Å². The Kier molecular flexibility index (Phi) is 5.63. The number of aromatic hydroxyl groups is 1. The highest BCUT2D eigenvalue weighted by Gasteiger charge is 2.07. The minimum atomic E-state index is -0.360. The maximum absolute atomic E-state index is 11.6. The maximum atomic E-state index is 11.6. The van der Waals surface area contributed by atoms with Crippen molar-refractivity contribution in [2.75, 3.05) is 13.1 Å². The number of nitrogens with one attached hydrogen (secondary N) is 2. The summed E-state index contributed by atoms with van der Waals surface area (Å²) in [5.41, 5.74) is 0.268. The molecule has 1 rings (SSSR count). The molecule has 0 spiro atoms. The van der Waals surface area contributed by atoms with Crippen LogP contribution in [0.4, 0.5) is 0 Å². The van der Waals surface area contributed by atoms with Crippen molar-refractivity contribution in [3.63, 3.8) is 0 Å². The van der Waals surface area contributed by atoms with E-state index in [1.54, 1.807) is 0 Å². The molecule has 1 aromatic rings. The number of carbonyl (C=O) groups excluding carboxylic acids is 2. The van der Waals surface area contributed by atoms with Crippen LogP contribution >= 0.6 is 0 Å². The average Bonchev–Trinajstić information content (AvgIpc) is 2.36. The van der Waals surface area contributed by atoms with E-state index in [9.17, 15) is 9.59 Å². The number of hydrogen-bond acceptors (Lipinski definition) is 4. The molecule has 0 aliphatic rings. The van der Waals surface area contributed by atoms with E-state index in [2.05, 4.69) is 15.6 Å². The Bertz CT molecular complexity index is 421. The SMILES string of the molecule is CCCNC(=O)CCNC(=O)c1cncc(O)c1. The van der Waals surface area contributed by atoms with Crippen molar-refractivity contribution >= 4 is 11.8 Å². The van der Waals surface area contributed by atoms with Crippen LogP contribution < -0.4 is 10.6 Å². The first kappa shape index (κ1) is 14.0. The van der Waals surface area contributed by atoms with Crippen molar-refractivity contribution < 1.29 is 14.7 Å². The number of carbonyl (C=O) groups is 2. The van der Waals surface area contributed by atoms with Crippen molar-refractivity contribution in [3.05, 3.63) is 24.0 Å². The Hall–Kier alpha value is -2.11. The monoisotopic (exact) mass is 251 g/mol. The molecule has 0 aromatic carbocycles. The Balaban J connectivity index is 2.31. The van der Waals surface area contributed by atoms with Gasteiger partial charge in [0, 0.05) is 25.7 Å². The van der Waals surface area contributed by atoms with Gasteiger partial charge in [-0.2, -0.15) is 0 Å². The van der Waals surface area contributed by atoms with Crippen LogP contribution in [-0.2, 0) is 4.79 Å².